The first-order valence-corrected chi connectivity index (χ1v) is 10.8. The maximum atomic E-state index is 12.9. The first-order chi connectivity index (χ1) is 14.2. The third-order valence-corrected chi connectivity index (χ3v) is 4.93. The zero-order valence-corrected chi connectivity index (χ0v) is 20.5. The van der Waals surface area contributed by atoms with Crippen molar-refractivity contribution in [1.82, 2.24) is 14.7 Å². The second-order valence-corrected chi connectivity index (χ2v) is 10.4. The number of carbonyl (C=O) groups is 2. The highest BCUT2D eigenvalue weighted by Gasteiger charge is 2.27. The number of nitrogens with one attached hydrogen (secondary N) is 2. The van der Waals surface area contributed by atoms with Crippen LogP contribution in [0.4, 0.5) is 16.3 Å². The Bertz CT molecular complexity index is 921. The van der Waals surface area contributed by atoms with Crippen molar-refractivity contribution in [2.45, 2.75) is 72.4 Å². The highest BCUT2D eigenvalue weighted by molar-refractivity contribution is 6.30. The molecule has 31 heavy (non-hydrogen) atoms. The lowest BCUT2D eigenvalue weighted by atomic mass is 9.92. The van der Waals surface area contributed by atoms with Gasteiger partial charge in [-0.05, 0) is 58.9 Å². The summed E-state index contributed by atoms with van der Waals surface area (Å²) in [6.07, 6.45) is 0. The normalized spacial score (nSPS) is 12.1. The lowest BCUT2D eigenvalue weighted by molar-refractivity contribution is -0.117. The first kappa shape index (κ1) is 24.7. The molecule has 0 aliphatic heterocycles. The molecule has 0 spiro atoms. The second-order valence-electron chi connectivity index (χ2n) is 9.95. The fraction of sp³-hybridized carbons (Fsp3) is 0.522. The Morgan fingerprint density at radius 3 is 2.13 bits per heavy atom. The van der Waals surface area contributed by atoms with Crippen molar-refractivity contribution in [1.29, 1.82) is 0 Å². The third kappa shape index (κ3) is 6.72. The van der Waals surface area contributed by atoms with Crippen LogP contribution in [0.25, 0.3) is 0 Å². The Hall–Kier alpha value is -2.54. The van der Waals surface area contributed by atoms with Crippen LogP contribution in [0.2, 0.25) is 5.02 Å². The van der Waals surface area contributed by atoms with Gasteiger partial charge in [0.2, 0.25) is 5.91 Å². The summed E-state index contributed by atoms with van der Waals surface area (Å²) in [5.74, 6) is 0.329. The number of benzene rings is 1. The molecule has 0 aliphatic carbocycles. The summed E-state index contributed by atoms with van der Waals surface area (Å²) in [5, 5.41) is 11.1. The number of hydrogen-bond acceptors (Lipinski definition) is 3. The molecular weight excluding hydrogens is 414 g/mol. The van der Waals surface area contributed by atoms with Gasteiger partial charge < -0.3 is 15.5 Å². The maximum Gasteiger partial charge on any atom is 0.322 e. The molecular formula is C23H34ClN5O2. The highest BCUT2D eigenvalue weighted by Crippen LogP contribution is 2.28. The topological polar surface area (TPSA) is 79.3 Å². The van der Waals surface area contributed by atoms with Crippen LogP contribution in [0.5, 0.6) is 0 Å². The van der Waals surface area contributed by atoms with E-state index in [4.69, 9.17) is 16.7 Å². The van der Waals surface area contributed by atoms with E-state index in [9.17, 15) is 9.59 Å². The zero-order chi connectivity index (χ0) is 23.6. The minimum atomic E-state index is -0.354. The molecule has 0 unspecified atom stereocenters. The standard InChI is InChI=1S/C23H34ClN5O2/c1-15(2)28(21(31)25-17-11-9-16(24)10-12-17)14-20(30)26-19-13-18(22(3,4)5)27-29(19)23(6,7)8/h9-13,15H,14H2,1-8H3,(H,25,31)(H,26,30). The van der Waals surface area contributed by atoms with Crippen LogP contribution in [0.1, 0.15) is 61.1 Å². The number of nitrogens with zero attached hydrogens (tertiary/aromatic N) is 3. The Morgan fingerprint density at radius 2 is 1.65 bits per heavy atom. The molecule has 0 radical (unpaired) electrons. The number of aromatic nitrogens is 2. The molecule has 2 aromatic rings. The molecule has 0 saturated carbocycles. The summed E-state index contributed by atoms with van der Waals surface area (Å²) >= 11 is 5.90. The van der Waals surface area contributed by atoms with Crippen LogP contribution in [-0.4, -0.2) is 39.2 Å². The van der Waals surface area contributed by atoms with Crippen LogP contribution in [-0.2, 0) is 15.7 Å². The van der Waals surface area contributed by atoms with Gasteiger partial charge in [-0.25, -0.2) is 9.48 Å². The molecule has 0 aliphatic rings. The summed E-state index contributed by atoms with van der Waals surface area (Å²) < 4.78 is 1.82. The minimum absolute atomic E-state index is 0.0860. The molecule has 2 rings (SSSR count). The summed E-state index contributed by atoms with van der Waals surface area (Å²) in [7, 11) is 0. The Balaban J connectivity index is 2.17. The number of urea groups is 1. The van der Waals surface area contributed by atoms with E-state index in [1.54, 1.807) is 24.3 Å². The zero-order valence-electron chi connectivity index (χ0n) is 19.7. The van der Waals surface area contributed by atoms with Gasteiger partial charge >= 0.3 is 6.03 Å². The van der Waals surface area contributed by atoms with Crippen molar-refractivity contribution in [2.75, 3.05) is 17.2 Å². The summed E-state index contributed by atoms with van der Waals surface area (Å²) in [5.41, 5.74) is 1.04. The largest absolute Gasteiger partial charge is 0.322 e. The average molecular weight is 448 g/mol. The molecule has 170 valence electrons. The number of hydrogen-bond donors (Lipinski definition) is 2. The number of rotatable bonds is 5. The molecule has 0 atom stereocenters. The van der Waals surface area contributed by atoms with E-state index in [-0.39, 0.29) is 35.5 Å². The fourth-order valence-electron chi connectivity index (χ4n) is 2.90. The van der Waals surface area contributed by atoms with Crippen LogP contribution >= 0.6 is 11.6 Å². The third-order valence-electron chi connectivity index (χ3n) is 4.67. The Morgan fingerprint density at radius 1 is 1.06 bits per heavy atom. The van der Waals surface area contributed by atoms with Crippen molar-refractivity contribution < 1.29 is 9.59 Å². The Labute approximate surface area is 190 Å². The molecule has 8 heteroatoms. The fourth-order valence-corrected chi connectivity index (χ4v) is 3.03. The van der Waals surface area contributed by atoms with Gasteiger partial charge in [0.25, 0.3) is 0 Å². The van der Waals surface area contributed by atoms with Crippen LogP contribution < -0.4 is 10.6 Å². The molecule has 1 aromatic heterocycles. The van der Waals surface area contributed by atoms with Crippen molar-refractivity contribution in [3.63, 3.8) is 0 Å². The van der Waals surface area contributed by atoms with Gasteiger partial charge in [-0.2, -0.15) is 5.10 Å². The molecule has 7 nitrogen and oxygen atoms in total. The predicted molar refractivity (Wildman–Crippen MR) is 127 cm³/mol. The van der Waals surface area contributed by atoms with E-state index in [1.807, 2.05) is 45.4 Å². The van der Waals surface area contributed by atoms with Crippen LogP contribution in [0.3, 0.4) is 0 Å². The van der Waals surface area contributed by atoms with Gasteiger partial charge in [0, 0.05) is 28.2 Å². The molecule has 3 amide bonds. The molecule has 1 aromatic carbocycles. The van der Waals surface area contributed by atoms with Crippen molar-refractivity contribution >= 4 is 35.0 Å². The Kier molecular flexibility index (Phi) is 7.42. The predicted octanol–water partition coefficient (Wildman–Crippen LogP) is 5.47. The van der Waals surface area contributed by atoms with E-state index in [1.165, 1.54) is 4.90 Å². The number of anilines is 2. The quantitative estimate of drug-likeness (QED) is 0.637. The monoisotopic (exact) mass is 447 g/mol. The van der Waals surface area contributed by atoms with Crippen molar-refractivity contribution in [3.05, 3.63) is 41.0 Å². The smallest absolute Gasteiger partial charge is 0.313 e. The van der Waals surface area contributed by atoms with Crippen molar-refractivity contribution in [2.24, 2.45) is 0 Å². The average Bonchev–Trinajstić information content (AvgIpc) is 3.06. The SMILES string of the molecule is CC(C)N(CC(=O)Nc1cc(C(C)(C)C)nn1C(C)(C)C)C(=O)Nc1ccc(Cl)cc1. The molecule has 2 N–H and O–H groups in total. The van der Waals surface area contributed by atoms with E-state index in [2.05, 4.69) is 31.4 Å². The molecule has 1 heterocycles. The lowest BCUT2D eigenvalue weighted by Gasteiger charge is -2.27. The lowest BCUT2D eigenvalue weighted by Crippen LogP contribution is -2.45. The van der Waals surface area contributed by atoms with Gasteiger partial charge in [0.1, 0.15) is 12.4 Å². The minimum Gasteiger partial charge on any atom is -0.313 e. The van der Waals surface area contributed by atoms with Gasteiger partial charge in [-0.3, -0.25) is 4.79 Å². The van der Waals surface area contributed by atoms with Crippen LogP contribution in [0, 0.1) is 0 Å². The number of halogens is 1. The molecule has 0 fully saturated rings. The summed E-state index contributed by atoms with van der Waals surface area (Å²) in [4.78, 5) is 27.1. The van der Waals surface area contributed by atoms with E-state index < -0.39 is 0 Å². The second kappa shape index (κ2) is 9.30. The highest BCUT2D eigenvalue weighted by atomic mass is 35.5. The number of carbonyl (C=O) groups excluding carboxylic acids is 2. The van der Waals surface area contributed by atoms with Crippen molar-refractivity contribution in [3.8, 4) is 0 Å². The molecule has 0 saturated heterocycles. The van der Waals surface area contributed by atoms with Gasteiger partial charge in [0.15, 0.2) is 0 Å². The van der Waals surface area contributed by atoms with Gasteiger partial charge in [-0.1, -0.05) is 32.4 Å². The van der Waals surface area contributed by atoms with E-state index >= 15 is 0 Å². The van der Waals surface area contributed by atoms with E-state index in [0.29, 0.717) is 16.5 Å². The summed E-state index contributed by atoms with van der Waals surface area (Å²) in [6.45, 7) is 16.0. The first-order valence-electron chi connectivity index (χ1n) is 10.4. The van der Waals surface area contributed by atoms with Gasteiger partial charge in [-0.15, -0.1) is 0 Å². The maximum absolute atomic E-state index is 12.9. The summed E-state index contributed by atoms with van der Waals surface area (Å²) in [6, 6.07) is 8.21. The van der Waals surface area contributed by atoms with Crippen LogP contribution in [0.15, 0.2) is 30.3 Å². The van der Waals surface area contributed by atoms with Gasteiger partial charge in [0.05, 0.1) is 11.2 Å². The van der Waals surface area contributed by atoms with E-state index in [0.717, 1.165) is 5.69 Å². The number of amides is 3. The molecule has 0 bridgehead atoms.